The lowest BCUT2D eigenvalue weighted by Crippen LogP contribution is -2.27. The summed E-state index contributed by atoms with van der Waals surface area (Å²) in [7, 11) is 0. The van der Waals surface area contributed by atoms with E-state index < -0.39 is 5.97 Å². The summed E-state index contributed by atoms with van der Waals surface area (Å²) in [5, 5.41) is 0. The minimum Gasteiger partial charge on any atom is -0.459 e. The molecule has 0 bridgehead atoms. The molecule has 3 rings (SSSR count). The van der Waals surface area contributed by atoms with E-state index in [4.69, 9.17) is 9.47 Å². The smallest absolute Gasteiger partial charge is 0.357 e. The standard InChI is InChI=1S/C18H23N3O3/c1-14-4-2-3-5-17(14)23-10-11-24-18(22)16-12-15(6-7-20-16)21-9-8-19-13-21/h6-9,12-14,17H,2-5,10-11H2,1H3. The van der Waals surface area contributed by atoms with Crippen LogP contribution >= 0.6 is 0 Å². The van der Waals surface area contributed by atoms with E-state index in [0.717, 1.165) is 12.1 Å². The van der Waals surface area contributed by atoms with E-state index in [1.165, 1.54) is 19.3 Å². The highest BCUT2D eigenvalue weighted by atomic mass is 16.6. The number of ether oxygens (including phenoxy) is 2. The summed E-state index contributed by atoms with van der Waals surface area (Å²) in [6, 6.07) is 3.50. The zero-order chi connectivity index (χ0) is 16.8. The first kappa shape index (κ1) is 16.6. The van der Waals surface area contributed by atoms with Crippen LogP contribution in [0.15, 0.2) is 37.1 Å². The largest absolute Gasteiger partial charge is 0.459 e. The minimum absolute atomic E-state index is 0.249. The van der Waals surface area contributed by atoms with Crippen LogP contribution in [0.3, 0.4) is 0 Å². The average Bonchev–Trinajstić information content (AvgIpc) is 3.15. The van der Waals surface area contributed by atoms with Crippen molar-refractivity contribution < 1.29 is 14.3 Å². The Morgan fingerprint density at radius 2 is 2.17 bits per heavy atom. The van der Waals surface area contributed by atoms with Crippen molar-refractivity contribution in [2.75, 3.05) is 13.2 Å². The van der Waals surface area contributed by atoms with Gasteiger partial charge in [-0.2, -0.15) is 0 Å². The molecule has 2 heterocycles. The van der Waals surface area contributed by atoms with Gasteiger partial charge in [-0.1, -0.05) is 19.8 Å². The van der Waals surface area contributed by atoms with E-state index in [9.17, 15) is 4.79 Å². The van der Waals surface area contributed by atoms with Gasteiger partial charge in [-0.05, 0) is 30.9 Å². The maximum Gasteiger partial charge on any atom is 0.357 e. The Morgan fingerprint density at radius 3 is 2.96 bits per heavy atom. The van der Waals surface area contributed by atoms with Crippen LogP contribution in [0.2, 0.25) is 0 Å². The van der Waals surface area contributed by atoms with Gasteiger partial charge >= 0.3 is 5.97 Å². The molecule has 2 aromatic heterocycles. The molecule has 0 N–H and O–H groups in total. The lowest BCUT2D eigenvalue weighted by molar-refractivity contribution is -0.0272. The predicted molar refractivity (Wildman–Crippen MR) is 89.0 cm³/mol. The van der Waals surface area contributed by atoms with Gasteiger partial charge in [0.05, 0.1) is 24.7 Å². The second-order valence-corrected chi connectivity index (χ2v) is 6.18. The van der Waals surface area contributed by atoms with Gasteiger partial charge in [0.1, 0.15) is 12.3 Å². The third-order valence-electron chi connectivity index (χ3n) is 4.44. The normalized spacial score (nSPS) is 20.7. The summed E-state index contributed by atoms with van der Waals surface area (Å²) in [6.07, 6.45) is 11.9. The summed E-state index contributed by atoms with van der Waals surface area (Å²) in [5.74, 6) is 0.153. The fraction of sp³-hybridized carbons (Fsp3) is 0.500. The monoisotopic (exact) mass is 329 g/mol. The zero-order valence-corrected chi connectivity index (χ0v) is 13.9. The summed E-state index contributed by atoms with van der Waals surface area (Å²) >= 11 is 0. The molecule has 1 aliphatic carbocycles. The molecule has 2 aromatic rings. The summed E-state index contributed by atoms with van der Waals surface area (Å²) in [5.41, 5.74) is 1.11. The molecule has 1 aliphatic rings. The Balaban J connectivity index is 1.48. The molecule has 1 saturated carbocycles. The van der Waals surface area contributed by atoms with Crippen molar-refractivity contribution in [3.63, 3.8) is 0 Å². The van der Waals surface area contributed by atoms with Gasteiger partial charge < -0.3 is 14.0 Å². The molecule has 0 aromatic carbocycles. The fourth-order valence-electron chi connectivity index (χ4n) is 3.04. The lowest BCUT2D eigenvalue weighted by atomic mass is 9.88. The summed E-state index contributed by atoms with van der Waals surface area (Å²) in [6.45, 7) is 2.91. The van der Waals surface area contributed by atoms with Crippen molar-refractivity contribution in [1.29, 1.82) is 0 Å². The van der Waals surface area contributed by atoms with Gasteiger partial charge in [-0.25, -0.2) is 14.8 Å². The quantitative estimate of drug-likeness (QED) is 0.602. The summed E-state index contributed by atoms with van der Waals surface area (Å²) < 4.78 is 12.9. The van der Waals surface area contributed by atoms with Gasteiger partial charge in [0, 0.05) is 18.6 Å². The van der Waals surface area contributed by atoms with E-state index in [1.54, 1.807) is 24.8 Å². The number of hydrogen-bond donors (Lipinski definition) is 0. The van der Waals surface area contributed by atoms with Crippen LogP contribution in [0.5, 0.6) is 0 Å². The molecule has 0 radical (unpaired) electrons. The first-order valence-corrected chi connectivity index (χ1v) is 8.47. The molecule has 0 aliphatic heterocycles. The van der Waals surface area contributed by atoms with Gasteiger partial charge in [0.2, 0.25) is 0 Å². The second-order valence-electron chi connectivity index (χ2n) is 6.18. The number of carbonyl (C=O) groups excluding carboxylic acids is 1. The number of imidazole rings is 1. The molecule has 2 atom stereocenters. The van der Waals surface area contributed by atoms with Crippen molar-refractivity contribution in [3.8, 4) is 5.69 Å². The molecule has 0 spiro atoms. The Labute approximate surface area is 141 Å². The Bertz CT molecular complexity index is 657. The van der Waals surface area contributed by atoms with Crippen LogP contribution in [-0.4, -0.2) is 39.8 Å². The number of esters is 1. The molecule has 0 amide bonds. The van der Waals surface area contributed by atoms with Crippen LogP contribution in [0, 0.1) is 5.92 Å². The van der Waals surface area contributed by atoms with E-state index in [0.29, 0.717) is 18.6 Å². The van der Waals surface area contributed by atoms with Gasteiger partial charge in [-0.15, -0.1) is 0 Å². The maximum absolute atomic E-state index is 12.1. The van der Waals surface area contributed by atoms with Crippen LogP contribution in [0.4, 0.5) is 0 Å². The minimum atomic E-state index is -0.433. The number of aromatic nitrogens is 3. The highest BCUT2D eigenvalue weighted by Crippen LogP contribution is 2.26. The second kappa shape index (κ2) is 8.06. The number of rotatable bonds is 6. The molecule has 0 saturated heterocycles. The highest BCUT2D eigenvalue weighted by Gasteiger charge is 2.21. The first-order chi connectivity index (χ1) is 11.7. The molecule has 2 unspecified atom stereocenters. The Morgan fingerprint density at radius 1 is 1.29 bits per heavy atom. The Hall–Kier alpha value is -2.21. The number of carbonyl (C=O) groups is 1. The van der Waals surface area contributed by atoms with E-state index in [-0.39, 0.29) is 12.3 Å². The van der Waals surface area contributed by atoms with Crippen molar-refractivity contribution in [2.24, 2.45) is 5.92 Å². The molecule has 1 fully saturated rings. The number of pyridine rings is 1. The van der Waals surface area contributed by atoms with Crippen LogP contribution in [0.1, 0.15) is 43.1 Å². The molecular formula is C18H23N3O3. The maximum atomic E-state index is 12.1. The van der Waals surface area contributed by atoms with Crippen LogP contribution in [-0.2, 0) is 9.47 Å². The third-order valence-corrected chi connectivity index (χ3v) is 4.44. The molecular weight excluding hydrogens is 306 g/mol. The molecule has 6 heteroatoms. The SMILES string of the molecule is CC1CCCCC1OCCOC(=O)c1cc(-n2ccnc2)ccn1. The predicted octanol–water partition coefficient (Wildman–Crippen LogP) is 3.02. The van der Waals surface area contributed by atoms with E-state index >= 15 is 0 Å². The average molecular weight is 329 g/mol. The van der Waals surface area contributed by atoms with E-state index in [1.807, 2.05) is 16.8 Å². The van der Waals surface area contributed by atoms with Crippen LogP contribution in [0.25, 0.3) is 5.69 Å². The number of hydrogen-bond acceptors (Lipinski definition) is 5. The van der Waals surface area contributed by atoms with Crippen LogP contribution < -0.4 is 0 Å². The Kier molecular flexibility index (Phi) is 5.59. The third kappa shape index (κ3) is 4.20. The number of nitrogens with zero attached hydrogens (tertiary/aromatic N) is 3. The van der Waals surface area contributed by atoms with Crippen molar-refractivity contribution in [1.82, 2.24) is 14.5 Å². The fourth-order valence-corrected chi connectivity index (χ4v) is 3.04. The topological polar surface area (TPSA) is 66.2 Å². The highest BCUT2D eigenvalue weighted by molar-refractivity contribution is 5.87. The molecule has 6 nitrogen and oxygen atoms in total. The lowest BCUT2D eigenvalue weighted by Gasteiger charge is -2.28. The van der Waals surface area contributed by atoms with Crippen molar-refractivity contribution in [2.45, 2.75) is 38.7 Å². The zero-order valence-electron chi connectivity index (χ0n) is 13.9. The summed E-state index contributed by atoms with van der Waals surface area (Å²) in [4.78, 5) is 20.2. The first-order valence-electron chi connectivity index (χ1n) is 8.47. The van der Waals surface area contributed by atoms with E-state index in [2.05, 4.69) is 16.9 Å². The van der Waals surface area contributed by atoms with Gasteiger partial charge in [0.15, 0.2) is 0 Å². The van der Waals surface area contributed by atoms with Crippen molar-refractivity contribution >= 4 is 5.97 Å². The van der Waals surface area contributed by atoms with Gasteiger partial charge in [0.25, 0.3) is 0 Å². The molecule has 128 valence electrons. The van der Waals surface area contributed by atoms with Crippen molar-refractivity contribution in [3.05, 3.63) is 42.7 Å². The van der Waals surface area contributed by atoms with Gasteiger partial charge in [-0.3, -0.25) is 0 Å². The molecule has 24 heavy (non-hydrogen) atoms.